The van der Waals surface area contributed by atoms with Gasteiger partial charge in [0.05, 0.1) is 19.1 Å². The number of nitrogens with one attached hydrogen (secondary N) is 1. The molecule has 0 aromatic heterocycles. The van der Waals surface area contributed by atoms with Crippen molar-refractivity contribution in [3.8, 4) is 11.5 Å². The molecule has 0 heterocycles. The lowest BCUT2D eigenvalue weighted by molar-refractivity contribution is 0.0730. The van der Waals surface area contributed by atoms with Gasteiger partial charge in [-0.3, -0.25) is 9.52 Å². The average molecular weight is 467 g/mol. The molecule has 8 heteroatoms. The number of ether oxygens (including phenoxy) is 2. The van der Waals surface area contributed by atoms with E-state index in [-0.39, 0.29) is 16.8 Å². The number of benzene rings is 3. The van der Waals surface area contributed by atoms with Crippen molar-refractivity contribution in [2.24, 2.45) is 0 Å². The molecule has 1 aliphatic carbocycles. The van der Waals surface area contributed by atoms with Gasteiger partial charge >= 0.3 is 0 Å². The van der Waals surface area contributed by atoms with Crippen molar-refractivity contribution >= 4 is 21.6 Å². The lowest BCUT2D eigenvalue weighted by Crippen LogP contribution is -2.32. The fourth-order valence-corrected chi connectivity index (χ4v) is 4.55. The summed E-state index contributed by atoms with van der Waals surface area (Å²) in [5, 5.41) is 0. The Morgan fingerprint density at radius 1 is 0.879 bits per heavy atom. The highest BCUT2D eigenvalue weighted by Gasteiger charge is 2.33. The highest BCUT2D eigenvalue weighted by Crippen LogP contribution is 2.30. The summed E-state index contributed by atoms with van der Waals surface area (Å²) in [4.78, 5) is 15.1. The zero-order chi connectivity index (χ0) is 23.4. The first-order chi connectivity index (χ1) is 15.9. The number of rotatable bonds is 9. The van der Waals surface area contributed by atoms with Crippen LogP contribution < -0.4 is 14.2 Å². The minimum Gasteiger partial charge on any atom is -0.497 e. The van der Waals surface area contributed by atoms with Crippen LogP contribution in [0.4, 0.5) is 5.69 Å². The summed E-state index contributed by atoms with van der Waals surface area (Å²) >= 11 is 0. The number of nitrogens with zero attached hydrogens (tertiary/aromatic N) is 1. The van der Waals surface area contributed by atoms with Crippen molar-refractivity contribution in [2.75, 3.05) is 18.9 Å². The Balaban J connectivity index is 1.47. The summed E-state index contributed by atoms with van der Waals surface area (Å²) in [7, 11) is -0.621. The number of carbonyl (C=O) groups excluding carboxylic acids is 1. The summed E-state index contributed by atoms with van der Waals surface area (Å²) in [6.45, 7) is 0.493. The molecule has 1 N–H and O–H groups in total. The Morgan fingerprint density at radius 3 is 1.94 bits per heavy atom. The largest absolute Gasteiger partial charge is 0.497 e. The third kappa shape index (κ3) is 5.46. The van der Waals surface area contributed by atoms with Gasteiger partial charge in [0, 0.05) is 23.8 Å². The third-order valence-corrected chi connectivity index (χ3v) is 6.91. The maximum atomic E-state index is 13.2. The van der Waals surface area contributed by atoms with Crippen molar-refractivity contribution in [1.82, 2.24) is 4.90 Å². The molecule has 172 valence electrons. The van der Waals surface area contributed by atoms with Gasteiger partial charge in [-0.15, -0.1) is 0 Å². The zero-order valence-corrected chi connectivity index (χ0v) is 19.3. The SMILES string of the molecule is COc1ccc(CN(C(=O)c2ccc(S(=O)(=O)Nc3ccc(OC)cc3)cc2)C2CC2)cc1. The van der Waals surface area contributed by atoms with E-state index in [0.717, 1.165) is 24.2 Å². The molecular formula is C25H26N2O5S. The van der Waals surface area contributed by atoms with E-state index in [1.807, 2.05) is 29.2 Å². The second-order valence-corrected chi connectivity index (χ2v) is 9.55. The molecule has 7 nitrogen and oxygen atoms in total. The van der Waals surface area contributed by atoms with Crippen molar-refractivity contribution in [1.29, 1.82) is 0 Å². The molecule has 1 fully saturated rings. The maximum absolute atomic E-state index is 13.2. The van der Waals surface area contributed by atoms with Crippen LogP contribution in [0.1, 0.15) is 28.8 Å². The lowest BCUT2D eigenvalue weighted by Gasteiger charge is -2.23. The van der Waals surface area contributed by atoms with E-state index in [1.165, 1.54) is 12.1 Å². The van der Waals surface area contributed by atoms with Crippen LogP contribution in [0, 0.1) is 0 Å². The van der Waals surface area contributed by atoms with Crippen LogP contribution >= 0.6 is 0 Å². The summed E-state index contributed by atoms with van der Waals surface area (Å²) in [6.07, 6.45) is 1.94. The molecule has 3 aromatic rings. The highest BCUT2D eigenvalue weighted by molar-refractivity contribution is 7.92. The van der Waals surface area contributed by atoms with Crippen LogP contribution in [-0.4, -0.2) is 39.5 Å². The normalized spacial score (nSPS) is 13.3. The summed E-state index contributed by atoms with van der Waals surface area (Å²) in [5.41, 5.74) is 1.90. The Morgan fingerprint density at radius 2 is 1.42 bits per heavy atom. The molecular weight excluding hydrogens is 440 g/mol. The number of amides is 1. The Kier molecular flexibility index (Phi) is 6.55. The molecule has 33 heavy (non-hydrogen) atoms. The van der Waals surface area contributed by atoms with E-state index in [2.05, 4.69) is 4.72 Å². The van der Waals surface area contributed by atoms with E-state index in [9.17, 15) is 13.2 Å². The first-order valence-electron chi connectivity index (χ1n) is 10.6. The number of hydrogen-bond donors (Lipinski definition) is 1. The molecule has 1 aliphatic rings. The minimum atomic E-state index is -3.78. The number of carbonyl (C=O) groups is 1. The fraction of sp³-hybridized carbons (Fsp3) is 0.240. The van der Waals surface area contributed by atoms with Crippen LogP contribution in [-0.2, 0) is 16.6 Å². The number of sulfonamides is 1. The first-order valence-corrected chi connectivity index (χ1v) is 12.1. The molecule has 4 rings (SSSR count). The number of hydrogen-bond acceptors (Lipinski definition) is 5. The third-order valence-electron chi connectivity index (χ3n) is 5.51. The average Bonchev–Trinajstić information content (AvgIpc) is 3.68. The van der Waals surface area contributed by atoms with Gasteiger partial charge in [0.15, 0.2) is 0 Å². The van der Waals surface area contributed by atoms with Crippen LogP contribution in [0.2, 0.25) is 0 Å². The quantitative estimate of drug-likeness (QED) is 0.508. The number of anilines is 1. The fourth-order valence-electron chi connectivity index (χ4n) is 3.50. The van der Waals surface area contributed by atoms with Gasteiger partial charge in [0.25, 0.3) is 15.9 Å². The van der Waals surface area contributed by atoms with E-state index in [1.54, 1.807) is 50.6 Å². The maximum Gasteiger partial charge on any atom is 0.261 e. The summed E-state index contributed by atoms with van der Waals surface area (Å²) in [6, 6.07) is 20.5. The van der Waals surface area contributed by atoms with Crippen LogP contribution in [0.25, 0.3) is 0 Å². The van der Waals surface area contributed by atoms with Gasteiger partial charge in [0.1, 0.15) is 11.5 Å². The number of methoxy groups -OCH3 is 2. The molecule has 3 aromatic carbocycles. The van der Waals surface area contributed by atoms with E-state index < -0.39 is 10.0 Å². The van der Waals surface area contributed by atoms with Crippen LogP contribution in [0.15, 0.2) is 77.7 Å². The standard InChI is InChI=1S/C25H26N2O5S/c1-31-22-11-3-18(4-12-22)17-27(21-9-10-21)25(28)19-5-15-24(16-6-19)33(29,30)26-20-7-13-23(32-2)14-8-20/h3-8,11-16,21,26H,9-10,17H2,1-2H3. The first kappa shape index (κ1) is 22.7. The Bertz CT molecular complexity index is 1200. The van der Waals surface area contributed by atoms with Crippen LogP contribution in [0.3, 0.4) is 0 Å². The van der Waals surface area contributed by atoms with E-state index in [0.29, 0.717) is 23.5 Å². The van der Waals surface area contributed by atoms with Crippen molar-refractivity contribution in [3.05, 3.63) is 83.9 Å². The minimum absolute atomic E-state index is 0.0861. The molecule has 0 atom stereocenters. The van der Waals surface area contributed by atoms with E-state index in [4.69, 9.17) is 9.47 Å². The lowest BCUT2D eigenvalue weighted by atomic mass is 10.1. The molecule has 1 amide bonds. The molecule has 0 spiro atoms. The van der Waals surface area contributed by atoms with Gasteiger partial charge < -0.3 is 14.4 Å². The summed E-state index contributed by atoms with van der Waals surface area (Å²) in [5.74, 6) is 1.29. The van der Waals surface area contributed by atoms with Crippen molar-refractivity contribution in [2.45, 2.75) is 30.3 Å². The molecule has 0 saturated heterocycles. The Hall–Kier alpha value is -3.52. The van der Waals surface area contributed by atoms with Gasteiger partial charge in [-0.25, -0.2) is 8.42 Å². The molecule has 1 saturated carbocycles. The molecule has 0 aliphatic heterocycles. The van der Waals surface area contributed by atoms with Gasteiger partial charge in [-0.05, 0) is 79.1 Å². The molecule has 0 bridgehead atoms. The molecule has 0 unspecified atom stereocenters. The van der Waals surface area contributed by atoms with Crippen LogP contribution in [0.5, 0.6) is 11.5 Å². The second-order valence-electron chi connectivity index (χ2n) is 7.87. The summed E-state index contributed by atoms with van der Waals surface area (Å²) < 4.78 is 38.3. The predicted molar refractivity (Wildman–Crippen MR) is 126 cm³/mol. The highest BCUT2D eigenvalue weighted by atomic mass is 32.2. The monoisotopic (exact) mass is 466 g/mol. The van der Waals surface area contributed by atoms with E-state index >= 15 is 0 Å². The van der Waals surface area contributed by atoms with Gasteiger partial charge in [0.2, 0.25) is 0 Å². The molecule has 0 radical (unpaired) electrons. The smallest absolute Gasteiger partial charge is 0.261 e. The predicted octanol–water partition coefficient (Wildman–Crippen LogP) is 4.31. The van der Waals surface area contributed by atoms with Crippen molar-refractivity contribution < 1.29 is 22.7 Å². The Labute approximate surface area is 194 Å². The van der Waals surface area contributed by atoms with Gasteiger partial charge in [-0.2, -0.15) is 0 Å². The van der Waals surface area contributed by atoms with Gasteiger partial charge in [-0.1, -0.05) is 12.1 Å². The topological polar surface area (TPSA) is 84.9 Å². The van der Waals surface area contributed by atoms with Crippen molar-refractivity contribution in [3.63, 3.8) is 0 Å². The second kappa shape index (κ2) is 9.54. The zero-order valence-electron chi connectivity index (χ0n) is 18.5.